The highest BCUT2D eigenvalue weighted by Crippen LogP contribution is 2.29. The second-order valence-corrected chi connectivity index (χ2v) is 7.88. The molecule has 1 amide bonds. The van der Waals surface area contributed by atoms with Gasteiger partial charge in [-0.25, -0.2) is 15.1 Å². The summed E-state index contributed by atoms with van der Waals surface area (Å²) in [7, 11) is 0. The molecular formula is C27H22N6O. The lowest BCUT2D eigenvalue weighted by atomic mass is 10.1. The summed E-state index contributed by atoms with van der Waals surface area (Å²) in [6.07, 6.45) is 5.02. The molecular weight excluding hydrogens is 424 g/mol. The van der Waals surface area contributed by atoms with E-state index >= 15 is 0 Å². The number of aromatic nitrogens is 4. The largest absolute Gasteiger partial charge is 0.272 e. The molecule has 34 heavy (non-hydrogen) atoms. The summed E-state index contributed by atoms with van der Waals surface area (Å²) in [6.45, 7) is 3.91. The van der Waals surface area contributed by atoms with Crippen LogP contribution >= 0.6 is 0 Å². The predicted octanol–water partition coefficient (Wildman–Crippen LogP) is 4.86. The summed E-state index contributed by atoms with van der Waals surface area (Å²) in [4.78, 5) is 22.3. The zero-order valence-electron chi connectivity index (χ0n) is 18.8. The third-order valence-electron chi connectivity index (χ3n) is 5.56. The maximum absolute atomic E-state index is 13.3. The number of nitrogens with zero attached hydrogens (tertiary/aromatic N) is 5. The highest BCUT2D eigenvalue weighted by Gasteiger charge is 2.21. The molecule has 3 aromatic heterocycles. The summed E-state index contributed by atoms with van der Waals surface area (Å²) in [6, 6.07) is 23.1. The summed E-state index contributed by atoms with van der Waals surface area (Å²) >= 11 is 0. The molecule has 0 aliphatic rings. The van der Waals surface area contributed by atoms with E-state index in [1.54, 1.807) is 29.4 Å². The Morgan fingerprint density at radius 1 is 0.971 bits per heavy atom. The van der Waals surface area contributed by atoms with Crippen molar-refractivity contribution in [2.75, 3.05) is 0 Å². The Morgan fingerprint density at radius 3 is 2.47 bits per heavy atom. The minimum Gasteiger partial charge on any atom is -0.267 e. The third kappa shape index (κ3) is 4.06. The number of nitrogens with one attached hydrogen (secondary N) is 1. The monoisotopic (exact) mass is 446 g/mol. The maximum atomic E-state index is 13.3. The van der Waals surface area contributed by atoms with Gasteiger partial charge in [-0.05, 0) is 49.2 Å². The molecule has 0 atom stereocenters. The van der Waals surface area contributed by atoms with Crippen molar-refractivity contribution in [3.63, 3.8) is 0 Å². The van der Waals surface area contributed by atoms with E-state index in [9.17, 15) is 4.79 Å². The minimum atomic E-state index is -0.331. The zero-order chi connectivity index (χ0) is 23.5. The molecule has 0 bridgehead atoms. The second-order valence-electron chi connectivity index (χ2n) is 7.88. The van der Waals surface area contributed by atoms with Gasteiger partial charge in [0.15, 0.2) is 5.65 Å². The van der Waals surface area contributed by atoms with Crippen LogP contribution in [0.4, 0.5) is 0 Å². The molecule has 5 aromatic rings. The Labute approximate surface area is 196 Å². The van der Waals surface area contributed by atoms with Gasteiger partial charge in [0.1, 0.15) is 0 Å². The van der Waals surface area contributed by atoms with Crippen LogP contribution in [0.2, 0.25) is 0 Å². The Balaban J connectivity index is 1.65. The topological polar surface area (TPSA) is 85.1 Å². The summed E-state index contributed by atoms with van der Waals surface area (Å²) in [5, 5.41) is 9.59. The van der Waals surface area contributed by atoms with Gasteiger partial charge in [-0.3, -0.25) is 9.78 Å². The van der Waals surface area contributed by atoms with E-state index in [-0.39, 0.29) is 5.91 Å². The quantitative estimate of drug-likeness (QED) is 0.309. The first-order valence-corrected chi connectivity index (χ1v) is 10.9. The van der Waals surface area contributed by atoms with Gasteiger partial charge in [0.05, 0.1) is 34.2 Å². The zero-order valence-corrected chi connectivity index (χ0v) is 18.8. The number of amides is 1. The molecule has 0 aliphatic carbocycles. The van der Waals surface area contributed by atoms with Gasteiger partial charge in [0.2, 0.25) is 0 Å². The van der Waals surface area contributed by atoms with Gasteiger partial charge in [0.25, 0.3) is 5.91 Å². The number of carbonyl (C=O) groups is 1. The molecule has 166 valence electrons. The first-order chi connectivity index (χ1) is 16.6. The average molecular weight is 447 g/mol. The van der Waals surface area contributed by atoms with Crippen molar-refractivity contribution >= 4 is 23.2 Å². The molecule has 0 fully saturated rings. The summed E-state index contributed by atoms with van der Waals surface area (Å²) in [5.74, 6) is -0.331. The Morgan fingerprint density at radius 2 is 1.71 bits per heavy atom. The van der Waals surface area contributed by atoms with Gasteiger partial charge >= 0.3 is 0 Å². The fourth-order valence-electron chi connectivity index (χ4n) is 3.87. The first-order valence-electron chi connectivity index (χ1n) is 10.9. The van der Waals surface area contributed by atoms with Crippen molar-refractivity contribution in [1.82, 2.24) is 25.2 Å². The summed E-state index contributed by atoms with van der Waals surface area (Å²) < 4.78 is 1.80. The lowest BCUT2D eigenvalue weighted by molar-refractivity contribution is 0.0956. The molecule has 0 saturated heterocycles. The van der Waals surface area contributed by atoms with E-state index in [0.717, 1.165) is 22.4 Å². The van der Waals surface area contributed by atoms with Crippen LogP contribution in [0.1, 0.15) is 27.2 Å². The number of aryl methyl sites for hydroxylation is 2. The number of hydrogen-bond donors (Lipinski definition) is 1. The fraction of sp³-hybridized carbons (Fsp3) is 0.0741. The molecule has 0 unspecified atom stereocenters. The molecule has 0 spiro atoms. The fourth-order valence-corrected chi connectivity index (χ4v) is 3.87. The number of benzene rings is 2. The molecule has 3 heterocycles. The highest BCUT2D eigenvalue weighted by molar-refractivity contribution is 6.08. The van der Waals surface area contributed by atoms with Gasteiger partial charge in [-0.15, -0.1) is 0 Å². The van der Waals surface area contributed by atoms with Crippen molar-refractivity contribution in [1.29, 1.82) is 0 Å². The molecule has 0 aliphatic heterocycles. The number of pyridine rings is 2. The molecule has 7 heteroatoms. The van der Waals surface area contributed by atoms with E-state index in [0.29, 0.717) is 28.0 Å². The predicted molar refractivity (Wildman–Crippen MR) is 133 cm³/mol. The number of fused-ring (bicyclic) bond motifs is 1. The molecule has 5 rings (SSSR count). The van der Waals surface area contributed by atoms with Crippen LogP contribution in [0.15, 0.2) is 90.3 Å². The average Bonchev–Trinajstić information content (AvgIpc) is 3.21. The Kier molecular flexibility index (Phi) is 5.66. The van der Waals surface area contributed by atoms with Crippen LogP contribution in [0.25, 0.3) is 28.0 Å². The van der Waals surface area contributed by atoms with Crippen LogP contribution in [-0.4, -0.2) is 31.9 Å². The van der Waals surface area contributed by atoms with E-state index in [4.69, 9.17) is 10.1 Å². The lowest BCUT2D eigenvalue weighted by Crippen LogP contribution is -2.18. The van der Waals surface area contributed by atoms with Gasteiger partial charge in [0, 0.05) is 18.0 Å². The third-order valence-corrected chi connectivity index (χ3v) is 5.56. The second kappa shape index (κ2) is 9.07. The molecule has 0 radical (unpaired) electrons. The number of hydrogen-bond acceptors (Lipinski definition) is 5. The number of rotatable bonds is 5. The SMILES string of the molecule is Cc1ccccc1-n1nc(C)c2c(C(=O)NN=Cc3ccccc3)cc(-c3ccncc3)nc21. The van der Waals surface area contributed by atoms with Crippen molar-refractivity contribution in [2.24, 2.45) is 5.10 Å². The van der Waals surface area contributed by atoms with E-state index < -0.39 is 0 Å². The molecule has 2 aromatic carbocycles. The summed E-state index contributed by atoms with van der Waals surface area (Å²) in [5.41, 5.74) is 8.81. The van der Waals surface area contributed by atoms with Crippen molar-refractivity contribution < 1.29 is 4.79 Å². The van der Waals surface area contributed by atoms with Crippen molar-refractivity contribution in [3.05, 3.63) is 108 Å². The molecule has 7 nitrogen and oxygen atoms in total. The van der Waals surface area contributed by atoms with Gasteiger partial charge in [-0.2, -0.15) is 10.2 Å². The number of para-hydroxylation sites is 1. The van der Waals surface area contributed by atoms with Crippen LogP contribution < -0.4 is 5.43 Å². The minimum absolute atomic E-state index is 0.331. The Hall–Kier alpha value is -4.65. The molecule has 1 N–H and O–H groups in total. The van der Waals surface area contributed by atoms with Gasteiger partial charge in [-0.1, -0.05) is 48.5 Å². The lowest BCUT2D eigenvalue weighted by Gasteiger charge is -2.10. The van der Waals surface area contributed by atoms with Crippen LogP contribution in [0.5, 0.6) is 0 Å². The van der Waals surface area contributed by atoms with E-state index in [1.165, 1.54) is 0 Å². The number of carbonyl (C=O) groups excluding carboxylic acids is 1. The van der Waals surface area contributed by atoms with Gasteiger partial charge < -0.3 is 0 Å². The Bertz CT molecular complexity index is 1510. The van der Waals surface area contributed by atoms with E-state index in [1.807, 2.05) is 80.6 Å². The van der Waals surface area contributed by atoms with Crippen LogP contribution in [-0.2, 0) is 0 Å². The molecule has 0 saturated carbocycles. The maximum Gasteiger partial charge on any atom is 0.272 e. The van der Waals surface area contributed by atoms with Crippen LogP contribution in [0, 0.1) is 13.8 Å². The van der Waals surface area contributed by atoms with Crippen LogP contribution in [0.3, 0.4) is 0 Å². The van der Waals surface area contributed by atoms with E-state index in [2.05, 4.69) is 15.5 Å². The first kappa shape index (κ1) is 21.2. The smallest absolute Gasteiger partial charge is 0.267 e. The highest BCUT2D eigenvalue weighted by atomic mass is 16.2. The van der Waals surface area contributed by atoms with Crippen molar-refractivity contribution in [2.45, 2.75) is 13.8 Å². The van der Waals surface area contributed by atoms with Crippen molar-refractivity contribution in [3.8, 4) is 16.9 Å². The normalized spacial score (nSPS) is 11.2. The standard InChI is InChI=1S/C27H22N6O/c1-18-8-6-7-11-24(18)33-26-25(19(2)32-33)22(16-23(30-26)21-12-14-28-15-13-21)27(34)31-29-17-20-9-4-3-5-10-20/h3-17H,1-2H3,(H,31,34). The number of hydrazone groups is 1.